The van der Waals surface area contributed by atoms with Crippen LogP contribution in [0.2, 0.25) is 0 Å². The highest BCUT2D eigenvalue weighted by Gasteiger charge is 2.14. The van der Waals surface area contributed by atoms with Crippen molar-refractivity contribution in [3.8, 4) is 22.9 Å². The zero-order valence-corrected chi connectivity index (χ0v) is 12.7. The lowest BCUT2D eigenvalue weighted by molar-refractivity contribution is 0.131. The summed E-state index contributed by atoms with van der Waals surface area (Å²) in [7, 11) is 0. The highest BCUT2D eigenvalue weighted by atomic mass is 16.5. The van der Waals surface area contributed by atoms with Crippen LogP contribution in [0.5, 0.6) is 5.75 Å². The van der Waals surface area contributed by atoms with Crippen LogP contribution in [0.15, 0.2) is 35.1 Å². The minimum absolute atomic E-state index is 0.119. The molecule has 0 radical (unpaired) electrons. The van der Waals surface area contributed by atoms with Gasteiger partial charge in [-0.15, -0.1) is 0 Å². The Morgan fingerprint density at radius 2 is 1.95 bits per heavy atom. The van der Waals surface area contributed by atoms with Gasteiger partial charge in [-0.3, -0.25) is 4.79 Å². The van der Waals surface area contributed by atoms with Crippen molar-refractivity contribution in [2.24, 2.45) is 0 Å². The summed E-state index contributed by atoms with van der Waals surface area (Å²) >= 11 is 0. The molecule has 0 aliphatic rings. The number of aromatic amines is 1. The van der Waals surface area contributed by atoms with Gasteiger partial charge in [0.25, 0.3) is 5.56 Å². The molecule has 2 rings (SSSR count). The molecule has 0 atom stereocenters. The van der Waals surface area contributed by atoms with Gasteiger partial charge in [-0.1, -0.05) is 12.1 Å². The van der Waals surface area contributed by atoms with Crippen molar-refractivity contribution >= 4 is 0 Å². The van der Waals surface area contributed by atoms with E-state index < -0.39 is 0 Å². The molecule has 1 N–H and O–H groups in total. The number of hydrogen-bond donors (Lipinski definition) is 1. The van der Waals surface area contributed by atoms with Gasteiger partial charge in [-0.05, 0) is 51.5 Å². The van der Waals surface area contributed by atoms with Crippen molar-refractivity contribution in [1.82, 2.24) is 4.98 Å². The van der Waals surface area contributed by atoms with Crippen LogP contribution in [0.1, 0.15) is 32.0 Å². The number of pyridine rings is 1. The normalized spacial score (nSPS) is 11.0. The number of ether oxygens (including phenoxy) is 1. The number of nitrogens with zero attached hydrogens (tertiary/aromatic N) is 1. The van der Waals surface area contributed by atoms with Crippen LogP contribution >= 0.6 is 0 Å². The predicted octanol–water partition coefficient (Wildman–Crippen LogP) is 3.40. The summed E-state index contributed by atoms with van der Waals surface area (Å²) in [5.74, 6) is 0.710. The Morgan fingerprint density at radius 1 is 1.24 bits per heavy atom. The minimum Gasteiger partial charge on any atom is -0.488 e. The van der Waals surface area contributed by atoms with Crippen LogP contribution in [-0.2, 0) is 0 Å². The van der Waals surface area contributed by atoms with E-state index >= 15 is 0 Å². The van der Waals surface area contributed by atoms with E-state index in [0.717, 1.165) is 11.3 Å². The Balaban J connectivity index is 2.56. The topological polar surface area (TPSA) is 65.9 Å². The Hall–Kier alpha value is -2.54. The maximum atomic E-state index is 11.9. The number of aromatic nitrogens is 1. The number of aryl methyl sites for hydroxylation is 1. The number of hydrogen-bond acceptors (Lipinski definition) is 3. The van der Waals surface area contributed by atoms with Crippen molar-refractivity contribution in [2.75, 3.05) is 0 Å². The summed E-state index contributed by atoms with van der Waals surface area (Å²) in [6, 6.07) is 11.2. The maximum absolute atomic E-state index is 11.9. The van der Waals surface area contributed by atoms with Crippen molar-refractivity contribution in [1.29, 1.82) is 5.26 Å². The third-order valence-corrected chi connectivity index (χ3v) is 2.85. The van der Waals surface area contributed by atoms with Crippen molar-refractivity contribution < 1.29 is 4.74 Å². The first kappa shape index (κ1) is 14.9. The molecule has 0 saturated heterocycles. The minimum atomic E-state index is -0.366. The van der Waals surface area contributed by atoms with Gasteiger partial charge in [0, 0.05) is 11.3 Å². The summed E-state index contributed by atoms with van der Waals surface area (Å²) < 4.78 is 5.83. The van der Waals surface area contributed by atoms with Gasteiger partial charge in [0.2, 0.25) is 0 Å². The van der Waals surface area contributed by atoms with Crippen LogP contribution in [-0.4, -0.2) is 10.6 Å². The molecule has 21 heavy (non-hydrogen) atoms. The van der Waals surface area contributed by atoms with Gasteiger partial charge >= 0.3 is 0 Å². The second-order valence-electron chi connectivity index (χ2n) is 5.92. The van der Waals surface area contributed by atoms with E-state index in [1.807, 2.05) is 51.1 Å². The molecule has 2 aromatic rings. The third-order valence-electron chi connectivity index (χ3n) is 2.85. The molecule has 1 heterocycles. The van der Waals surface area contributed by atoms with E-state index in [4.69, 9.17) is 4.74 Å². The molecule has 1 aromatic carbocycles. The van der Waals surface area contributed by atoms with Gasteiger partial charge in [0.15, 0.2) is 0 Å². The monoisotopic (exact) mass is 282 g/mol. The smallest absolute Gasteiger partial charge is 0.266 e. The Kier molecular flexibility index (Phi) is 3.86. The van der Waals surface area contributed by atoms with Gasteiger partial charge < -0.3 is 9.72 Å². The molecule has 0 amide bonds. The highest BCUT2D eigenvalue weighted by molar-refractivity contribution is 5.71. The highest BCUT2D eigenvalue weighted by Crippen LogP contribution is 2.27. The molecule has 4 heteroatoms. The van der Waals surface area contributed by atoms with Gasteiger partial charge in [-0.25, -0.2) is 0 Å². The Bertz CT molecular complexity index is 762. The predicted molar refractivity (Wildman–Crippen MR) is 82.3 cm³/mol. The molecule has 0 fully saturated rings. The summed E-state index contributed by atoms with van der Waals surface area (Å²) in [5.41, 5.74) is 1.58. The van der Waals surface area contributed by atoms with Crippen LogP contribution in [0.3, 0.4) is 0 Å². The second-order valence-corrected chi connectivity index (χ2v) is 5.92. The molecular formula is C17H18N2O2. The zero-order chi connectivity index (χ0) is 15.6. The number of benzene rings is 1. The molecule has 0 aliphatic carbocycles. The number of nitriles is 1. The lowest BCUT2D eigenvalue weighted by Crippen LogP contribution is -2.22. The molecule has 108 valence electrons. The summed E-state index contributed by atoms with van der Waals surface area (Å²) in [6.45, 7) is 7.70. The summed E-state index contributed by atoms with van der Waals surface area (Å²) in [5, 5.41) is 9.21. The molecule has 0 aliphatic heterocycles. The van der Waals surface area contributed by atoms with Crippen molar-refractivity contribution in [3.63, 3.8) is 0 Å². The Labute approximate surface area is 124 Å². The van der Waals surface area contributed by atoms with Crippen molar-refractivity contribution in [2.45, 2.75) is 33.3 Å². The van der Waals surface area contributed by atoms with Crippen LogP contribution < -0.4 is 10.3 Å². The summed E-state index contributed by atoms with van der Waals surface area (Å²) in [6.07, 6.45) is 0. The first-order valence-electron chi connectivity index (χ1n) is 6.73. The third kappa shape index (κ3) is 3.51. The summed E-state index contributed by atoms with van der Waals surface area (Å²) in [4.78, 5) is 14.5. The van der Waals surface area contributed by atoms with E-state index in [-0.39, 0.29) is 16.7 Å². The van der Waals surface area contributed by atoms with Crippen LogP contribution in [0.25, 0.3) is 11.1 Å². The average molecular weight is 282 g/mol. The van der Waals surface area contributed by atoms with E-state index in [1.54, 1.807) is 13.0 Å². The van der Waals surface area contributed by atoms with Gasteiger partial charge in [0.1, 0.15) is 23.0 Å². The lowest BCUT2D eigenvalue weighted by Gasteiger charge is -2.21. The maximum Gasteiger partial charge on any atom is 0.266 e. The van der Waals surface area contributed by atoms with Crippen LogP contribution in [0, 0.1) is 18.3 Å². The average Bonchev–Trinajstić information content (AvgIpc) is 2.36. The first-order valence-corrected chi connectivity index (χ1v) is 6.73. The molecule has 0 saturated carbocycles. The molecule has 0 unspecified atom stereocenters. The fourth-order valence-corrected chi connectivity index (χ4v) is 2.11. The second kappa shape index (κ2) is 5.45. The zero-order valence-electron chi connectivity index (χ0n) is 12.7. The largest absolute Gasteiger partial charge is 0.488 e. The SMILES string of the molecule is Cc1cc(-c2cccc(OC(C)(C)C)c2)c(C#N)c(=O)[nH]1. The fraction of sp³-hybridized carbons (Fsp3) is 0.294. The quantitative estimate of drug-likeness (QED) is 0.918. The Morgan fingerprint density at radius 3 is 2.57 bits per heavy atom. The first-order chi connectivity index (χ1) is 9.80. The molecule has 1 aromatic heterocycles. The standard InChI is InChI=1S/C17H18N2O2/c1-11-8-14(15(10-18)16(20)19-11)12-6-5-7-13(9-12)21-17(2,3)4/h5-9H,1-4H3,(H,19,20). The lowest BCUT2D eigenvalue weighted by atomic mass is 10.0. The number of rotatable bonds is 2. The molecule has 4 nitrogen and oxygen atoms in total. The number of H-pyrrole nitrogens is 1. The van der Waals surface area contributed by atoms with Crippen molar-refractivity contribution in [3.05, 3.63) is 51.9 Å². The number of nitrogens with one attached hydrogen (secondary N) is 1. The van der Waals surface area contributed by atoms with E-state index in [9.17, 15) is 10.1 Å². The fourth-order valence-electron chi connectivity index (χ4n) is 2.11. The van der Waals surface area contributed by atoms with E-state index in [2.05, 4.69) is 4.98 Å². The molecular weight excluding hydrogens is 264 g/mol. The van der Waals surface area contributed by atoms with Gasteiger partial charge in [-0.2, -0.15) is 5.26 Å². The van der Waals surface area contributed by atoms with E-state index in [0.29, 0.717) is 11.3 Å². The van der Waals surface area contributed by atoms with E-state index in [1.165, 1.54) is 0 Å². The molecule has 0 spiro atoms. The van der Waals surface area contributed by atoms with Crippen LogP contribution in [0.4, 0.5) is 0 Å². The van der Waals surface area contributed by atoms with Gasteiger partial charge in [0.05, 0.1) is 0 Å². The molecule has 0 bridgehead atoms.